The third-order valence-electron chi connectivity index (χ3n) is 6.83. The summed E-state index contributed by atoms with van der Waals surface area (Å²) in [6, 6.07) is 17.0. The van der Waals surface area contributed by atoms with Gasteiger partial charge in [0, 0.05) is 36.5 Å². The molecule has 2 aromatic carbocycles. The van der Waals surface area contributed by atoms with E-state index in [1.54, 1.807) is 36.5 Å². The van der Waals surface area contributed by atoms with Gasteiger partial charge in [-0.1, -0.05) is 6.07 Å². The lowest BCUT2D eigenvalue weighted by Crippen LogP contribution is -2.30. The lowest BCUT2D eigenvalue weighted by molar-refractivity contribution is -0.114. The maximum atomic E-state index is 11.4. The number of amides is 1. The first-order valence-electron chi connectivity index (χ1n) is 12.9. The van der Waals surface area contributed by atoms with Crippen molar-refractivity contribution in [1.29, 1.82) is 0 Å². The van der Waals surface area contributed by atoms with Gasteiger partial charge in [0.25, 0.3) is 0 Å². The normalized spacial score (nSPS) is 15.4. The fourth-order valence-corrected chi connectivity index (χ4v) is 4.82. The maximum Gasteiger partial charge on any atom is 0.221 e. The third-order valence-corrected chi connectivity index (χ3v) is 6.83. The number of rotatable bonds is 8. The Hall–Kier alpha value is -4.97. The number of anilines is 2. The number of hydrogen-bond donors (Lipinski definition) is 2. The highest BCUT2D eigenvalue weighted by molar-refractivity contribution is 5.89. The van der Waals surface area contributed by atoms with Crippen LogP contribution in [0, 0.1) is 0 Å². The minimum atomic E-state index is -0.169. The summed E-state index contributed by atoms with van der Waals surface area (Å²) in [6.45, 7) is 3.20. The van der Waals surface area contributed by atoms with Crippen LogP contribution in [0.1, 0.15) is 19.8 Å². The van der Waals surface area contributed by atoms with Crippen LogP contribution in [0.4, 0.5) is 11.5 Å². The van der Waals surface area contributed by atoms with Gasteiger partial charge in [0.15, 0.2) is 17.3 Å². The Kier molecular flexibility index (Phi) is 6.74. The zero-order valence-electron chi connectivity index (χ0n) is 22.1. The van der Waals surface area contributed by atoms with Gasteiger partial charge in [-0.25, -0.2) is 14.6 Å². The first-order chi connectivity index (χ1) is 19.4. The van der Waals surface area contributed by atoms with E-state index < -0.39 is 0 Å². The highest BCUT2D eigenvalue weighted by Gasteiger charge is 2.23. The van der Waals surface area contributed by atoms with Crippen LogP contribution in [0.2, 0.25) is 0 Å². The number of nitrogens with two attached hydrogens (primary N) is 1. The molecule has 1 atom stereocenters. The van der Waals surface area contributed by atoms with Crippen molar-refractivity contribution >= 4 is 28.4 Å². The summed E-state index contributed by atoms with van der Waals surface area (Å²) in [4.78, 5) is 22.9. The number of pyridine rings is 1. The first-order valence-corrected chi connectivity index (χ1v) is 12.9. The molecule has 5 aromatic rings. The number of carbonyl (C=O) groups is 1. The van der Waals surface area contributed by atoms with Crippen molar-refractivity contribution in [2.45, 2.75) is 25.8 Å². The largest absolute Gasteiger partial charge is 0.492 e. The monoisotopic (exact) mass is 540 g/mol. The fourth-order valence-electron chi connectivity index (χ4n) is 4.82. The molecule has 0 bridgehead atoms. The van der Waals surface area contributed by atoms with E-state index in [9.17, 15) is 4.79 Å². The summed E-state index contributed by atoms with van der Waals surface area (Å²) < 4.78 is 18.9. The average molecular weight is 541 g/mol. The van der Waals surface area contributed by atoms with E-state index in [0.29, 0.717) is 52.5 Å². The summed E-state index contributed by atoms with van der Waals surface area (Å²) in [5.74, 6) is 2.04. The number of ether oxygens (including phenoxy) is 2. The maximum absolute atomic E-state index is 11.4. The Balaban J connectivity index is 1.34. The minimum absolute atomic E-state index is 0.122. The number of imidazole rings is 1. The Morgan fingerprint density at radius 2 is 2.00 bits per heavy atom. The van der Waals surface area contributed by atoms with Crippen LogP contribution >= 0.6 is 0 Å². The second kappa shape index (κ2) is 10.7. The zero-order chi connectivity index (χ0) is 27.6. The predicted octanol–water partition coefficient (Wildman–Crippen LogP) is 4.28. The molecule has 0 unspecified atom stereocenters. The summed E-state index contributed by atoms with van der Waals surface area (Å²) in [6.07, 6.45) is 3.95. The highest BCUT2D eigenvalue weighted by atomic mass is 16.6. The SMILES string of the molecule is CC(=O)Nc1cccc(Oc2cc3c(cn2)nc(-c2nonc2N)n3-c2ccc(OC[C@@H]3CCCN3C)cc2)c1. The number of likely N-dealkylation sites (tertiary alicyclic amines) is 1. The van der Waals surface area contributed by atoms with Gasteiger partial charge in [-0.15, -0.1) is 0 Å². The van der Waals surface area contributed by atoms with Crippen molar-refractivity contribution in [2.75, 3.05) is 31.2 Å². The van der Waals surface area contributed by atoms with Gasteiger partial charge >= 0.3 is 0 Å². The molecule has 12 heteroatoms. The molecular formula is C28H28N8O4. The summed E-state index contributed by atoms with van der Waals surface area (Å²) in [7, 11) is 2.13. The molecule has 40 heavy (non-hydrogen) atoms. The number of benzene rings is 2. The number of fused-ring (bicyclic) bond motifs is 1. The van der Waals surface area contributed by atoms with Crippen LogP contribution in [0.15, 0.2) is 65.4 Å². The van der Waals surface area contributed by atoms with Gasteiger partial charge in [-0.3, -0.25) is 9.36 Å². The summed E-state index contributed by atoms with van der Waals surface area (Å²) >= 11 is 0. The number of carbonyl (C=O) groups excluding carboxylic acids is 1. The van der Waals surface area contributed by atoms with E-state index in [1.165, 1.54) is 13.3 Å². The van der Waals surface area contributed by atoms with Crippen molar-refractivity contribution in [3.8, 4) is 34.6 Å². The van der Waals surface area contributed by atoms with Crippen LogP contribution in [0.25, 0.3) is 28.2 Å². The smallest absolute Gasteiger partial charge is 0.221 e. The molecule has 1 amide bonds. The third kappa shape index (κ3) is 5.16. The molecular weight excluding hydrogens is 512 g/mol. The average Bonchev–Trinajstić information content (AvgIpc) is 3.65. The number of nitrogens with one attached hydrogen (secondary N) is 1. The van der Waals surface area contributed by atoms with Crippen LogP contribution in [0.5, 0.6) is 17.4 Å². The van der Waals surface area contributed by atoms with E-state index in [-0.39, 0.29) is 11.7 Å². The van der Waals surface area contributed by atoms with Crippen molar-refractivity contribution in [3.05, 3.63) is 60.8 Å². The molecule has 12 nitrogen and oxygen atoms in total. The highest BCUT2D eigenvalue weighted by Crippen LogP contribution is 2.33. The summed E-state index contributed by atoms with van der Waals surface area (Å²) in [5.41, 5.74) is 9.08. The van der Waals surface area contributed by atoms with Gasteiger partial charge in [0.05, 0.1) is 11.7 Å². The van der Waals surface area contributed by atoms with Crippen LogP contribution < -0.4 is 20.5 Å². The Morgan fingerprint density at radius 3 is 2.73 bits per heavy atom. The molecule has 204 valence electrons. The Bertz CT molecular complexity index is 1660. The molecule has 0 saturated carbocycles. The zero-order valence-corrected chi connectivity index (χ0v) is 22.1. The van der Waals surface area contributed by atoms with Crippen molar-refractivity contribution in [1.82, 2.24) is 29.7 Å². The Morgan fingerprint density at radius 1 is 1.15 bits per heavy atom. The number of nitrogen functional groups attached to an aromatic ring is 1. The molecule has 3 aromatic heterocycles. The Labute approximate surface area is 229 Å². The minimum Gasteiger partial charge on any atom is -0.492 e. The van der Waals surface area contributed by atoms with E-state index in [2.05, 4.69) is 32.6 Å². The van der Waals surface area contributed by atoms with Gasteiger partial charge in [-0.2, -0.15) is 0 Å². The number of nitrogens with zero attached hydrogens (tertiary/aromatic N) is 6. The predicted molar refractivity (Wildman–Crippen MR) is 149 cm³/mol. The van der Waals surface area contributed by atoms with Crippen LogP contribution in [-0.4, -0.2) is 61.9 Å². The quantitative estimate of drug-likeness (QED) is 0.292. The van der Waals surface area contributed by atoms with Gasteiger partial charge < -0.3 is 25.4 Å². The van der Waals surface area contributed by atoms with E-state index >= 15 is 0 Å². The number of hydrogen-bond acceptors (Lipinski definition) is 10. The summed E-state index contributed by atoms with van der Waals surface area (Å²) in [5, 5.41) is 10.5. The van der Waals surface area contributed by atoms with Gasteiger partial charge in [-0.05, 0) is 73.1 Å². The molecule has 3 N–H and O–H groups in total. The number of aromatic nitrogens is 5. The fraction of sp³-hybridized carbons (Fsp3) is 0.250. The topological polar surface area (TPSA) is 146 Å². The molecule has 6 rings (SSSR count). The standard InChI is InChI=1S/C28H28N8O4/c1-17(37)31-18-5-3-7-22(13-18)39-25-14-24-23(15-30-25)32-28(26-27(29)34-40-33-26)36(24)19-8-10-21(11-9-19)38-16-20-6-4-12-35(20)2/h3,5,7-11,13-15,20H,4,6,12,16H2,1-2H3,(H2,29,34)(H,31,37)/t20-/m0/s1. The molecule has 0 aliphatic carbocycles. The second-order valence-electron chi connectivity index (χ2n) is 9.67. The van der Waals surface area contributed by atoms with E-state index in [0.717, 1.165) is 24.4 Å². The van der Waals surface area contributed by atoms with Crippen LogP contribution in [-0.2, 0) is 4.79 Å². The van der Waals surface area contributed by atoms with Gasteiger partial charge in [0.1, 0.15) is 23.6 Å². The molecule has 1 saturated heterocycles. The molecule has 1 aliphatic heterocycles. The van der Waals surface area contributed by atoms with E-state index in [1.807, 2.05) is 28.8 Å². The van der Waals surface area contributed by atoms with Crippen LogP contribution in [0.3, 0.4) is 0 Å². The molecule has 1 aliphatic rings. The lowest BCUT2D eigenvalue weighted by Gasteiger charge is -2.19. The molecule has 4 heterocycles. The number of likely N-dealkylation sites (N-methyl/N-ethyl adjacent to an activating group) is 1. The van der Waals surface area contributed by atoms with Crippen molar-refractivity contribution in [3.63, 3.8) is 0 Å². The second-order valence-corrected chi connectivity index (χ2v) is 9.67. The molecule has 1 fully saturated rings. The molecule has 0 spiro atoms. The van der Waals surface area contributed by atoms with Gasteiger partial charge in [0.2, 0.25) is 11.8 Å². The van der Waals surface area contributed by atoms with Crippen molar-refractivity contribution < 1.29 is 18.9 Å². The lowest BCUT2D eigenvalue weighted by atomic mass is 10.2. The molecule has 0 radical (unpaired) electrons. The van der Waals surface area contributed by atoms with E-state index in [4.69, 9.17) is 24.8 Å². The first kappa shape index (κ1) is 25.3. The van der Waals surface area contributed by atoms with Crippen molar-refractivity contribution in [2.24, 2.45) is 0 Å².